The quantitative estimate of drug-likeness (QED) is 0.673. The number of hydrogen-bond acceptors (Lipinski definition) is 2. The summed E-state index contributed by atoms with van der Waals surface area (Å²) in [6.45, 7) is 3.93. The maximum Gasteiger partial charge on any atom is 0.262 e. The van der Waals surface area contributed by atoms with Gasteiger partial charge < -0.3 is 10.1 Å². The molecule has 0 saturated carbocycles. The van der Waals surface area contributed by atoms with Gasteiger partial charge in [-0.1, -0.05) is 15.9 Å². The fourth-order valence-corrected chi connectivity index (χ4v) is 3.01. The van der Waals surface area contributed by atoms with E-state index in [9.17, 15) is 4.79 Å². The number of benzene rings is 2. The Bertz CT molecular complexity index is 633. The van der Waals surface area contributed by atoms with Crippen molar-refractivity contribution in [2.24, 2.45) is 0 Å². The summed E-state index contributed by atoms with van der Waals surface area (Å²) in [4.78, 5) is 12.0. The molecule has 0 bridgehead atoms. The maximum atomic E-state index is 12.0. The molecule has 5 heteroatoms. The number of amides is 1. The maximum absolute atomic E-state index is 12.0. The van der Waals surface area contributed by atoms with Gasteiger partial charge in [0, 0.05) is 13.7 Å². The van der Waals surface area contributed by atoms with Gasteiger partial charge in [0.2, 0.25) is 0 Å². The zero-order valence-electron chi connectivity index (χ0n) is 11.7. The summed E-state index contributed by atoms with van der Waals surface area (Å²) >= 11 is 5.67. The first kappa shape index (κ1) is 16.3. The van der Waals surface area contributed by atoms with Gasteiger partial charge in [0.05, 0.1) is 0 Å². The van der Waals surface area contributed by atoms with Gasteiger partial charge in [-0.2, -0.15) is 0 Å². The predicted molar refractivity (Wildman–Crippen MR) is 96.9 cm³/mol. The van der Waals surface area contributed by atoms with Crippen molar-refractivity contribution in [2.75, 3.05) is 11.9 Å². The molecule has 0 atom stereocenters. The van der Waals surface area contributed by atoms with Crippen LogP contribution in [0.25, 0.3) is 0 Å². The SMILES string of the molecule is Cc1cc(Br)cc(C)c1NC(=O)COc1ccc(I)cc1. The van der Waals surface area contributed by atoms with Crippen molar-refractivity contribution in [2.45, 2.75) is 13.8 Å². The summed E-state index contributed by atoms with van der Waals surface area (Å²) in [7, 11) is 0. The zero-order valence-corrected chi connectivity index (χ0v) is 15.5. The lowest BCUT2D eigenvalue weighted by Gasteiger charge is -2.13. The average Bonchev–Trinajstić information content (AvgIpc) is 2.42. The highest BCUT2D eigenvalue weighted by Gasteiger charge is 2.09. The number of halogens is 2. The molecule has 0 aliphatic heterocycles. The van der Waals surface area contributed by atoms with Crippen LogP contribution in [0.2, 0.25) is 0 Å². The Balaban J connectivity index is 1.97. The van der Waals surface area contributed by atoms with Crippen LogP contribution >= 0.6 is 38.5 Å². The first-order valence-electron chi connectivity index (χ1n) is 6.40. The number of anilines is 1. The summed E-state index contributed by atoms with van der Waals surface area (Å²) in [6, 6.07) is 11.5. The van der Waals surface area contributed by atoms with E-state index in [0.29, 0.717) is 5.75 Å². The van der Waals surface area contributed by atoms with E-state index in [4.69, 9.17) is 4.74 Å². The van der Waals surface area contributed by atoms with Crippen molar-refractivity contribution in [3.8, 4) is 5.75 Å². The Morgan fingerprint density at radius 2 is 1.76 bits per heavy atom. The predicted octanol–water partition coefficient (Wildman–Crippen LogP) is 4.69. The van der Waals surface area contributed by atoms with Crippen molar-refractivity contribution < 1.29 is 9.53 Å². The zero-order chi connectivity index (χ0) is 15.4. The van der Waals surface area contributed by atoms with Gasteiger partial charge in [0.1, 0.15) is 5.75 Å². The van der Waals surface area contributed by atoms with Crippen LogP contribution in [-0.2, 0) is 4.79 Å². The van der Waals surface area contributed by atoms with Crippen LogP contribution < -0.4 is 10.1 Å². The topological polar surface area (TPSA) is 38.3 Å². The number of rotatable bonds is 4. The van der Waals surface area contributed by atoms with E-state index in [2.05, 4.69) is 43.8 Å². The molecule has 0 radical (unpaired) electrons. The van der Waals surface area contributed by atoms with E-state index >= 15 is 0 Å². The van der Waals surface area contributed by atoms with Crippen LogP contribution in [0.1, 0.15) is 11.1 Å². The molecule has 0 saturated heterocycles. The lowest BCUT2D eigenvalue weighted by atomic mass is 10.1. The first-order valence-corrected chi connectivity index (χ1v) is 8.28. The molecule has 0 aliphatic rings. The molecule has 110 valence electrons. The van der Waals surface area contributed by atoms with E-state index in [1.165, 1.54) is 0 Å². The molecular formula is C16H15BrINO2. The molecule has 3 nitrogen and oxygen atoms in total. The van der Waals surface area contributed by atoms with E-state index in [-0.39, 0.29) is 12.5 Å². The molecular weight excluding hydrogens is 445 g/mol. The molecule has 0 fully saturated rings. The summed E-state index contributed by atoms with van der Waals surface area (Å²) in [6.07, 6.45) is 0. The fraction of sp³-hybridized carbons (Fsp3) is 0.188. The van der Waals surface area contributed by atoms with Crippen molar-refractivity contribution in [1.29, 1.82) is 0 Å². The van der Waals surface area contributed by atoms with Crippen molar-refractivity contribution in [3.63, 3.8) is 0 Å². The highest BCUT2D eigenvalue weighted by Crippen LogP contribution is 2.25. The van der Waals surface area contributed by atoms with E-state index in [0.717, 1.165) is 24.9 Å². The minimum Gasteiger partial charge on any atom is -0.484 e. The van der Waals surface area contributed by atoms with Crippen LogP contribution in [-0.4, -0.2) is 12.5 Å². The number of ether oxygens (including phenoxy) is 1. The third kappa shape index (κ3) is 4.71. The fourth-order valence-electron chi connectivity index (χ4n) is 1.96. The standard InChI is InChI=1S/C16H15BrINO2/c1-10-7-12(17)8-11(2)16(10)19-15(20)9-21-14-5-3-13(18)4-6-14/h3-8H,9H2,1-2H3,(H,19,20). The van der Waals surface area contributed by atoms with Gasteiger partial charge in [-0.05, 0) is 84.0 Å². The Hall–Kier alpha value is -1.08. The van der Waals surface area contributed by atoms with E-state index in [1.807, 2.05) is 50.2 Å². The molecule has 1 amide bonds. The van der Waals surface area contributed by atoms with E-state index in [1.54, 1.807) is 0 Å². The molecule has 0 aliphatic carbocycles. The molecule has 0 aromatic heterocycles. The van der Waals surface area contributed by atoms with Crippen molar-refractivity contribution in [3.05, 3.63) is 55.6 Å². The number of nitrogens with one attached hydrogen (secondary N) is 1. The Morgan fingerprint density at radius 3 is 2.33 bits per heavy atom. The summed E-state index contributed by atoms with van der Waals surface area (Å²) in [5.74, 6) is 0.525. The lowest BCUT2D eigenvalue weighted by molar-refractivity contribution is -0.118. The van der Waals surface area contributed by atoms with Crippen LogP contribution in [0.4, 0.5) is 5.69 Å². The molecule has 0 heterocycles. The van der Waals surface area contributed by atoms with Crippen LogP contribution in [0.15, 0.2) is 40.9 Å². The second-order valence-electron chi connectivity index (χ2n) is 4.71. The largest absolute Gasteiger partial charge is 0.484 e. The molecule has 1 N–H and O–H groups in total. The minimum absolute atomic E-state index is 0.00443. The monoisotopic (exact) mass is 459 g/mol. The third-order valence-corrected chi connectivity index (χ3v) is 4.12. The number of carbonyl (C=O) groups is 1. The highest BCUT2D eigenvalue weighted by molar-refractivity contribution is 14.1. The number of aryl methyl sites for hydroxylation is 2. The van der Waals surface area contributed by atoms with Gasteiger partial charge >= 0.3 is 0 Å². The number of carbonyl (C=O) groups excluding carboxylic acids is 1. The second kappa shape index (κ2) is 7.26. The van der Waals surface area contributed by atoms with Crippen molar-refractivity contribution in [1.82, 2.24) is 0 Å². The molecule has 0 spiro atoms. The van der Waals surface area contributed by atoms with Gasteiger partial charge in [0.25, 0.3) is 5.91 Å². The Kier molecular flexibility index (Phi) is 5.64. The minimum atomic E-state index is -0.165. The van der Waals surface area contributed by atoms with Crippen LogP contribution in [0.3, 0.4) is 0 Å². The molecule has 21 heavy (non-hydrogen) atoms. The summed E-state index contributed by atoms with van der Waals surface area (Å²) in [5, 5.41) is 2.90. The molecule has 2 aromatic rings. The number of hydrogen-bond donors (Lipinski definition) is 1. The van der Waals surface area contributed by atoms with Gasteiger partial charge in [-0.3, -0.25) is 4.79 Å². The third-order valence-electron chi connectivity index (χ3n) is 2.95. The molecule has 2 rings (SSSR count). The summed E-state index contributed by atoms with van der Waals surface area (Å²) < 4.78 is 7.61. The highest BCUT2D eigenvalue weighted by atomic mass is 127. The Morgan fingerprint density at radius 1 is 1.19 bits per heavy atom. The smallest absolute Gasteiger partial charge is 0.262 e. The Labute approximate surface area is 146 Å². The summed E-state index contributed by atoms with van der Waals surface area (Å²) in [5.41, 5.74) is 2.88. The van der Waals surface area contributed by atoms with Crippen LogP contribution in [0.5, 0.6) is 5.75 Å². The second-order valence-corrected chi connectivity index (χ2v) is 6.87. The van der Waals surface area contributed by atoms with Crippen LogP contribution in [0, 0.1) is 17.4 Å². The lowest BCUT2D eigenvalue weighted by Crippen LogP contribution is -2.21. The van der Waals surface area contributed by atoms with E-state index < -0.39 is 0 Å². The normalized spacial score (nSPS) is 10.3. The first-order chi connectivity index (χ1) is 9.95. The van der Waals surface area contributed by atoms with Gasteiger partial charge in [0.15, 0.2) is 6.61 Å². The average molecular weight is 460 g/mol. The van der Waals surface area contributed by atoms with Crippen molar-refractivity contribution >= 4 is 50.1 Å². The van der Waals surface area contributed by atoms with Gasteiger partial charge in [-0.15, -0.1) is 0 Å². The van der Waals surface area contributed by atoms with Gasteiger partial charge in [-0.25, -0.2) is 0 Å². The molecule has 0 unspecified atom stereocenters. The molecule has 2 aromatic carbocycles.